The largest absolute Gasteiger partial charge is 0.385 e. The highest BCUT2D eigenvalue weighted by Crippen LogP contribution is 2.54. The number of rotatable bonds is 7. The lowest BCUT2D eigenvalue weighted by Crippen LogP contribution is -2.32. The molecule has 1 aromatic heterocycles. The fourth-order valence-corrected chi connectivity index (χ4v) is 6.43. The fraction of sp³-hybridized carbons (Fsp3) is 0.375. The number of aromatic nitrogens is 1. The van der Waals surface area contributed by atoms with Crippen molar-refractivity contribution in [2.45, 2.75) is 51.1 Å². The highest BCUT2D eigenvalue weighted by Gasteiger charge is 2.46. The molecule has 0 saturated heterocycles. The molecule has 1 spiro atoms. The van der Waals surface area contributed by atoms with Gasteiger partial charge in [-0.3, -0.25) is 19.2 Å². The number of halogens is 1. The van der Waals surface area contributed by atoms with Crippen LogP contribution in [-0.4, -0.2) is 47.7 Å². The molecule has 2 aromatic carbocycles. The molecule has 1 saturated carbocycles. The van der Waals surface area contributed by atoms with Crippen molar-refractivity contribution in [2.24, 2.45) is 5.41 Å². The van der Waals surface area contributed by atoms with Crippen LogP contribution in [0, 0.1) is 5.41 Å². The van der Waals surface area contributed by atoms with E-state index in [4.69, 9.17) is 16.3 Å². The van der Waals surface area contributed by atoms with Crippen LogP contribution in [0.5, 0.6) is 0 Å². The number of pyridine rings is 1. The smallest absolute Gasteiger partial charge is 0.254 e. The van der Waals surface area contributed by atoms with Crippen LogP contribution >= 0.6 is 11.6 Å². The minimum absolute atomic E-state index is 0.0165. The van der Waals surface area contributed by atoms with Gasteiger partial charge in [-0.25, -0.2) is 0 Å². The number of carbonyl (C=O) groups is 3. The van der Waals surface area contributed by atoms with E-state index >= 15 is 0 Å². The van der Waals surface area contributed by atoms with Crippen molar-refractivity contribution in [3.63, 3.8) is 0 Å². The Bertz CT molecular complexity index is 1620. The monoisotopic (exact) mass is 558 g/mol. The number of fused-ring (bicyclic) bond motifs is 4. The van der Waals surface area contributed by atoms with Crippen molar-refractivity contribution in [3.8, 4) is 11.1 Å². The standard InChI is InChI=1S/C32H31ClN2O5/c1-34-17-21-11-19(3-6-23(21)31(34)39)12-28(36)27(7-10-40-2)35-18-26-25(14-30(35)38)24-13-22(33)5-4-20(24)15-32(8-9-32)16-29(26)37/h3-6,11,13-14,18,27H,7-10,12,15-17H2,1-2H3. The summed E-state index contributed by atoms with van der Waals surface area (Å²) in [6.07, 6.45) is 5.16. The Morgan fingerprint density at radius 1 is 0.975 bits per heavy atom. The van der Waals surface area contributed by atoms with Gasteiger partial charge in [-0.15, -0.1) is 0 Å². The highest BCUT2D eigenvalue weighted by atomic mass is 35.5. The van der Waals surface area contributed by atoms with Gasteiger partial charge in [0.15, 0.2) is 11.6 Å². The van der Waals surface area contributed by atoms with Gasteiger partial charge in [0, 0.05) is 68.6 Å². The Labute approximate surface area is 237 Å². The second-order valence-corrected chi connectivity index (χ2v) is 12.0. The normalized spacial score (nSPS) is 17.6. The summed E-state index contributed by atoms with van der Waals surface area (Å²) in [5.41, 5.74) is 4.84. The Morgan fingerprint density at radius 2 is 1.77 bits per heavy atom. The quantitative estimate of drug-likeness (QED) is 0.405. The van der Waals surface area contributed by atoms with Crippen molar-refractivity contribution >= 4 is 29.1 Å². The average Bonchev–Trinajstić information content (AvgIpc) is 3.61. The lowest BCUT2D eigenvalue weighted by molar-refractivity contribution is -0.122. The molecule has 1 amide bonds. The number of ether oxygens (including phenoxy) is 1. The summed E-state index contributed by atoms with van der Waals surface area (Å²) in [4.78, 5) is 54.9. The molecule has 8 heteroatoms. The third-order valence-electron chi connectivity index (χ3n) is 8.64. The molecule has 0 N–H and O–H groups in total. The van der Waals surface area contributed by atoms with Gasteiger partial charge in [0.2, 0.25) is 0 Å². The maximum atomic E-state index is 13.7. The number of amides is 1. The summed E-state index contributed by atoms with van der Waals surface area (Å²) in [6, 6.07) is 11.8. The summed E-state index contributed by atoms with van der Waals surface area (Å²) in [5.74, 6) is -0.201. The Balaban J connectivity index is 1.39. The number of nitrogens with zero attached hydrogens (tertiary/aromatic N) is 2. The zero-order valence-electron chi connectivity index (χ0n) is 22.7. The fourth-order valence-electron chi connectivity index (χ4n) is 6.26. The Hall–Kier alpha value is -3.55. The molecule has 2 heterocycles. The molecule has 40 heavy (non-hydrogen) atoms. The molecule has 206 valence electrons. The van der Waals surface area contributed by atoms with Gasteiger partial charge in [-0.1, -0.05) is 29.8 Å². The number of hydrogen-bond acceptors (Lipinski definition) is 5. The van der Waals surface area contributed by atoms with Crippen LogP contribution in [0.25, 0.3) is 11.1 Å². The van der Waals surface area contributed by atoms with Gasteiger partial charge >= 0.3 is 0 Å². The minimum Gasteiger partial charge on any atom is -0.385 e. The second kappa shape index (κ2) is 10.1. The molecule has 1 aliphatic heterocycles. The summed E-state index contributed by atoms with van der Waals surface area (Å²) in [7, 11) is 3.30. The first kappa shape index (κ1) is 26.7. The molecule has 7 nitrogen and oxygen atoms in total. The number of hydrogen-bond donors (Lipinski definition) is 0. The van der Waals surface area contributed by atoms with Crippen molar-refractivity contribution in [1.29, 1.82) is 0 Å². The molecule has 6 rings (SSSR count). The Morgan fingerprint density at radius 3 is 2.52 bits per heavy atom. The van der Waals surface area contributed by atoms with Crippen LogP contribution in [0.4, 0.5) is 0 Å². The highest BCUT2D eigenvalue weighted by molar-refractivity contribution is 6.31. The lowest BCUT2D eigenvalue weighted by atomic mass is 9.81. The predicted molar refractivity (Wildman–Crippen MR) is 152 cm³/mol. The van der Waals surface area contributed by atoms with Crippen molar-refractivity contribution in [1.82, 2.24) is 9.47 Å². The van der Waals surface area contributed by atoms with E-state index in [1.165, 1.54) is 10.6 Å². The average molecular weight is 559 g/mol. The summed E-state index contributed by atoms with van der Waals surface area (Å²) >= 11 is 6.36. The maximum absolute atomic E-state index is 13.7. The first-order chi connectivity index (χ1) is 19.2. The second-order valence-electron chi connectivity index (χ2n) is 11.5. The van der Waals surface area contributed by atoms with E-state index in [1.54, 1.807) is 37.4 Å². The first-order valence-corrected chi connectivity index (χ1v) is 14.0. The third-order valence-corrected chi connectivity index (χ3v) is 8.87. The van der Waals surface area contributed by atoms with Crippen LogP contribution in [0.1, 0.15) is 69.1 Å². The molecule has 3 aliphatic rings. The van der Waals surface area contributed by atoms with E-state index in [9.17, 15) is 19.2 Å². The molecule has 1 unspecified atom stereocenters. The van der Waals surface area contributed by atoms with E-state index in [-0.39, 0.29) is 41.5 Å². The predicted octanol–water partition coefficient (Wildman–Crippen LogP) is 5.05. The molecule has 0 bridgehead atoms. The number of benzene rings is 2. The Kier molecular flexibility index (Phi) is 6.75. The SMILES string of the molecule is COCCC(C(=O)Cc1ccc2c(c1)CN(C)C2=O)n1cc2c(cc1=O)-c1cc(Cl)ccc1CC1(CC1)CC2=O. The van der Waals surface area contributed by atoms with Gasteiger partial charge < -0.3 is 14.2 Å². The van der Waals surface area contributed by atoms with Crippen LogP contribution in [0.3, 0.4) is 0 Å². The summed E-state index contributed by atoms with van der Waals surface area (Å²) in [6.45, 7) is 0.779. The van der Waals surface area contributed by atoms with Crippen LogP contribution in [0.15, 0.2) is 53.5 Å². The molecule has 2 aliphatic carbocycles. The van der Waals surface area contributed by atoms with Crippen LogP contribution in [0.2, 0.25) is 5.02 Å². The number of carbonyl (C=O) groups excluding carboxylic acids is 3. The zero-order valence-corrected chi connectivity index (χ0v) is 23.4. The number of ketones is 2. The van der Waals surface area contributed by atoms with Gasteiger partial charge in [-0.05, 0) is 77.1 Å². The first-order valence-electron chi connectivity index (χ1n) is 13.7. The summed E-state index contributed by atoms with van der Waals surface area (Å²) in [5, 5.41) is 0.544. The van der Waals surface area contributed by atoms with Crippen molar-refractivity contribution in [3.05, 3.63) is 91.9 Å². The van der Waals surface area contributed by atoms with E-state index in [0.29, 0.717) is 41.1 Å². The van der Waals surface area contributed by atoms with Gasteiger partial charge in [-0.2, -0.15) is 0 Å². The molecule has 0 radical (unpaired) electrons. The zero-order chi connectivity index (χ0) is 28.2. The topological polar surface area (TPSA) is 85.7 Å². The van der Waals surface area contributed by atoms with E-state index in [1.807, 2.05) is 24.3 Å². The number of Topliss-reactive ketones (excluding diaryl/α,β-unsaturated/α-hetero) is 2. The maximum Gasteiger partial charge on any atom is 0.254 e. The van der Waals surface area contributed by atoms with Crippen molar-refractivity contribution < 1.29 is 19.1 Å². The van der Waals surface area contributed by atoms with Gasteiger partial charge in [0.1, 0.15) is 0 Å². The number of methoxy groups -OCH3 is 1. The molecule has 1 atom stereocenters. The lowest BCUT2D eigenvalue weighted by Gasteiger charge is -2.25. The van der Waals surface area contributed by atoms with Crippen molar-refractivity contribution in [2.75, 3.05) is 20.8 Å². The summed E-state index contributed by atoms with van der Waals surface area (Å²) < 4.78 is 6.70. The molecular weight excluding hydrogens is 528 g/mol. The minimum atomic E-state index is -0.803. The van der Waals surface area contributed by atoms with Gasteiger partial charge in [0.05, 0.1) is 6.04 Å². The van der Waals surface area contributed by atoms with Gasteiger partial charge in [0.25, 0.3) is 11.5 Å². The van der Waals surface area contributed by atoms with Crippen LogP contribution < -0.4 is 5.56 Å². The van der Waals surface area contributed by atoms with E-state index < -0.39 is 6.04 Å². The van der Waals surface area contributed by atoms with E-state index in [0.717, 1.165) is 41.5 Å². The molecular formula is C32H31ClN2O5. The van der Waals surface area contributed by atoms with E-state index in [2.05, 4.69) is 0 Å². The molecule has 3 aromatic rings. The molecule has 1 fully saturated rings. The third kappa shape index (κ3) is 4.82. The van der Waals surface area contributed by atoms with Crippen LogP contribution in [-0.2, 0) is 28.9 Å².